The normalized spacial score (nSPS) is 11.8. The molecular formula is C43H26N2O3. The van der Waals surface area contributed by atoms with Gasteiger partial charge in [0.15, 0.2) is 5.58 Å². The first-order valence-electron chi connectivity index (χ1n) is 16.0. The summed E-state index contributed by atoms with van der Waals surface area (Å²) >= 11 is 0. The van der Waals surface area contributed by atoms with Gasteiger partial charge in [0.1, 0.15) is 27.8 Å². The van der Waals surface area contributed by atoms with Crippen LogP contribution in [-0.2, 0) is 0 Å². The average Bonchev–Trinajstić information content (AvgIpc) is 3.86. The van der Waals surface area contributed by atoms with Crippen molar-refractivity contribution < 1.29 is 13.3 Å². The summed E-state index contributed by atoms with van der Waals surface area (Å²) in [5, 5.41) is 4.10. The van der Waals surface area contributed by atoms with Crippen molar-refractivity contribution in [1.82, 2.24) is 4.98 Å². The van der Waals surface area contributed by atoms with Crippen LogP contribution >= 0.6 is 0 Å². The van der Waals surface area contributed by atoms with Crippen LogP contribution in [0.5, 0.6) is 0 Å². The molecule has 10 rings (SSSR count). The lowest BCUT2D eigenvalue weighted by Crippen LogP contribution is -2.10. The van der Waals surface area contributed by atoms with Gasteiger partial charge in [-0.2, -0.15) is 0 Å². The minimum Gasteiger partial charge on any atom is -0.456 e. The minimum atomic E-state index is 0.587. The second kappa shape index (κ2) is 10.5. The smallest absolute Gasteiger partial charge is 0.227 e. The minimum absolute atomic E-state index is 0.587. The molecule has 5 nitrogen and oxygen atoms in total. The zero-order valence-corrected chi connectivity index (χ0v) is 25.6. The van der Waals surface area contributed by atoms with Gasteiger partial charge >= 0.3 is 0 Å². The summed E-state index contributed by atoms with van der Waals surface area (Å²) < 4.78 is 19.3. The average molecular weight is 619 g/mol. The standard InChI is InChI=1S/C43H26N2O3/c1-3-12-28(13-4-1)43-44-34-26-33(41-40(42(34)48-43)32-17-8-10-20-37(32)47-41)27-22-24-30(25-23-27)45(29-14-5-2-6-15-29)35-18-11-21-38-39(35)31-16-7-9-19-36(31)46-38/h1-26H. The molecule has 0 aliphatic rings. The molecule has 48 heavy (non-hydrogen) atoms. The molecule has 0 aliphatic carbocycles. The molecule has 7 aromatic carbocycles. The van der Waals surface area contributed by atoms with E-state index in [-0.39, 0.29) is 0 Å². The van der Waals surface area contributed by atoms with Crippen molar-refractivity contribution in [3.05, 3.63) is 158 Å². The van der Waals surface area contributed by atoms with Gasteiger partial charge in [-0.15, -0.1) is 0 Å². The third-order valence-electron chi connectivity index (χ3n) is 9.09. The lowest BCUT2D eigenvalue weighted by Gasteiger charge is -2.26. The van der Waals surface area contributed by atoms with Gasteiger partial charge in [-0.05, 0) is 72.3 Å². The molecule has 0 saturated carbocycles. The van der Waals surface area contributed by atoms with Gasteiger partial charge in [-0.25, -0.2) is 4.98 Å². The van der Waals surface area contributed by atoms with E-state index in [2.05, 4.69) is 89.8 Å². The highest BCUT2D eigenvalue weighted by atomic mass is 16.4. The highest BCUT2D eigenvalue weighted by molar-refractivity contribution is 6.20. The predicted octanol–water partition coefficient (Wildman–Crippen LogP) is 12.4. The fraction of sp³-hybridized carbons (Fsp3) is 0. The van der Waals surface area contributed by atoms with Crippen LogP contribution in [0.25, 0.3) is 77.6 Å². The van der Waals surface area contributed by atoms with E-state index in [0.29, 0.717) is 5.89 Å². The number of oxazole rings is 1. The second-order valence-electron chi connectivity index (χ2n) is 11.9. The Kier molecular flexibility index (Phi) is 5.81. The summed E-state index contributed by atoms with van der Waals surface area (Å²) in [6, 6.07) is 53.8. The number of fused-ring (bicyclic) bond motifs is 8. The monoisotopic (exact) mass is 618 g/mol. The zero-order chi connectivity index (χ0) is 31.6. The maximum atomic E-state index is 6.55. The highest BCUT2D eigenvalue weighted by Crippen LogP contribution is 2.45. The summed E-state index contributed by atoms with van der Waals surface area (Å²) in [6.45, 7) is 0. The molecule has 5 heteroatoms. The van der Waals surface area contributed by atoms with Crippen molar-refractivity contribution in [3.63, 3.8) is 0 Å². The summed E-state index contributed by atoms with van der Waals surface area (Å²) in [5.74, 6) is 0.587. The van der Waals surface area contributed by atoms with Crippen LogP contribution in [0.1, 0.15) is 0 Å². The first-order chi connectivity index (χ1) is 23.8. The van der Waals surface area contributed by atoms with E-state index in [9.17, 15) is 0 Å². The van der Waals surface area contributed by atoms with E-state index in [1.165, 1.54) is 0 Å². The molecule has 0 saturated heterocycles. The Bertz CT molecular complexity index is 2770. The Balaban J connectivity index is 1.16. The van der Waals surface area contributed by atoms with Crippen LogP contribution in [0, 0.1) is 0 Å². The SMILES string of the molecule is c1ccc(-c2nc3cc(-c4ccc(N(c5ccccc5)c5cccc6oc7ccccc7c56)cc4)c4oc5ccccc5c4c3o2)cc1. The van der Waals surface area contributed by atoms with Crippen molar-refractivity contribution in [2.24, 2.45) is 0 Å². The lowest BCUT2D eigenvalue weighted by molar-refractivity contribution is 0.622. The predicted molar refractivity (Wildman–Crippen MR) is 194 cm³/mol. The van der Waals surface area contributed by atoms with Crippen LogP contribution < -0.4 is 4.90 Å². The molecule has 10 aromatic rings. The molecule has 3 heterocycles. The number of aromatic nitrogens is 1. The summed E-state index contributed by atoms with van der Waals surface area (Å²) in [7, 11) is 0. The Morgan fingerprint density at radius 2 is 1.06 bits per heavy atom. The topological polar surface area (TPSA) is 55.6 Å². The Morgan fingerprint density at radius 1 is 0.438 bits per heavy atom. The fourth-order valence-corrected chi connectivity index (χ4v) is 6.93. The number of para-hydroxylation sites is 3. The maximum absolute atomic E-state index is 6.55. The van der Waals surface area contributed by atoms with Gasteiger partial charge in [0, 0.05) is 33.3 Å². The van der Waals surface area contributed by atoms with E-state index in [0.717, 1.165) is 88.7 Å². The van der Waals surface area contributed by atoms with Crippen molar-refractivity contribution in [3.8, 4) is 22.6 Å². The summed E-state index contributed by atoms with van der Waals surface area (Å²) in [6.07, 6.45) is 0. The lowest BCUT2D eigenvalue weighted by atomic mass is 10.0. The third kappa shape index (κ3) is 4.08. The molecular weight excluding hydrogens is 592 g/mol. The van der Waals surface area contributed by atoms with E-state index in [1.807, 2.05) is 72.8 Å². The first kappa shape index (κ1) is 26.6. The van der Waals surface area contributed by atoms with Gasteiger partial charge in [0.2, 0.25) is 5.89 Å². The van der Waals surface area contributed by atoms with Gasteiger partial charge in [-0.1, -0.05) is 91.0 Å². The number of benzene rings is 7. The van der Waals surface area contributed by atoms with Gasteiger partial charge < -0.3 is 18.2 Å². The zero-order valence-electron chi connectivity index (χ0n) is 25.6. The summed E-state index contributed by atoms with van der Waals surface area (Å²) in [5.41, 5.74) is 10.9. The molecule has 0 radical (unpaired) electrons. The third-order valence-corrected chi connectivity index (χ3v) is 9.09. The Hall–Kier alpha value is -6.59. The van der Waals surface area contributed by atoms with E-state index in [4.69, 9.17) is 18.2 Å². The number of hydrogen-bond donors (Lipinski definition) is 0. The van der Waals surface area contributed by atoms with Crippen molar-refractivity contribution in [2.45, 2.75) is 0 Å². The van der Waals surface area contributed by atoms with Crippen LogP contribution in [-0.4, -0.2) is 4.98 Å². The maximum Gasteiger partial charge on any atom is 0.227 e. The largest absolute Gasteiger partial charge is 0.456 e. The van der Waals surface area contributed by atoms with E-state index in [1.54, 1.807) is 0 Å². The number of nitrogens with zero attached hydrogens (tertiary/aromatic N) is 2. The first-order valence-corrected chi connectivity index (χ1v) is 16.0. The quantitative estimate of drug-likeness (QED) is 0.192. The van der Waals surface area contributed by atoms with Crippen molar-refractivity contribution in [2.75, 3.05) is 4.90 Å². The fourth-order valence-electron chi connectivity index (χ4n) is 6.93. The molecule has 0 spiro atoms. The molecule has 0 aliphatic heterocycles. The van der Waals surface area contributed by atoms with Gasteiger partial charge in [0.25, 0.3) is 0 Å². The number of anilines is 3. The number of rotatable bonds is 5. The Labute approximate surface area is 274 Å². The van der Waals surface area contributed by atoms with E-state index >= 15 is 0 Å². The van der Waals surface area contributed by atoms with Crippen molar-refractivity contribution >= 4 is 72.0 Å². The van der Waals surface area contributed by atoms with Gasteiger partial charge in [-0.3, -0.25) is 0 Å². The number of furan rings is 2. The molecule has 0 bridgehead atoms. The van der Waals surface area contributed by atoms with Crippen LogP contribution in [0.4, 0.5) is 17.1 Å². The van der Waals surface area contributed by atoms with Crippen LogP contribution in [0.3, 0.4) is 0 Å². The number of hydrogen-bond acceptors (Lipinski definition) is 5. The Morgan fingerprint density at radius 3 is 1.83 bits per heavy atom. The summed E-state index contributed by atoms with van der Waals surface area (Å²) in [4.78, 5) is 7.24. The van der Waals surface area contributed by atoms with Gasteiger partial charge in [0.05, 0.1) is 16.5 Å². The molecule has 0 unspecified atom stereocenters. The molecule has 0 amide bonds. The van der Waals surface area contributed by atoms with Crippen molar-refractivity contribution in [1.29, 1.82) is 0 Å². The van der Waals surface area contributed by atoms with Crippen LogP contribution in [0.2, 0.25) is 0 Å². The molecule has 3 aromatic heterocycles. The molecule has 0 N–H and O–H groups in total. The highest BCUT2D eigenvalue weighted by Gasteiger charge is 2.22. The molecule has 226 valence electrons. The van der Waals surface area contributed by atoms with Crippen LogP contribution in [0.15, 0.2) is 171 Å². The molecule has 0 fully saturated rings. The van der Waals surface area contributed by atoms with E-state index < -0.39 is 0 Å². The second-order valence-corrected chi connectivity index (χ2v) is 11.9. The molecule has 0 atom stereocenters.